The predicted octanol–water partition coefficient (Wildman–Crippen LogP) is 2.50. The largest absolute Gasteiger partial charge is 0.491 e. The van der Waals surface area contributed by atoms with E-state index in [1.54, 1.807) is 12.1 Å². The quantitative estimate of drug-likeness (QED) is 0.475. The van der Waals surface area contributed by atoms with E-state index in [2.05, 4.69) is 0 Å². The molecule has 24 heavy (non-hydrogen) atoms. The standard InChI is InChI=1S/C17H17NO6/c1-12-2-8-16(9-3-12)23-10-15(19)11-24-17(20)13-4-6-14(7-5-13)18(21)22/h2-9,15,19H,10-11H2,1H3/t15-/m1/s1. The number of aliphatic hydroxyl groups excluding tert-OH is 1. The summed E-state index contributed by atoms with van der Waals surface area (Å²) in [5, 5.41) is 20.3. The highest BCUT2D eigenvalue weighted by molar-refractivity contribution is 5.89. The molecule has 1 atom stereocenters. The molecule has 2 rings (SSSR count). The summed E-state index contributed by atoms with van der Waals surface area (Å²) in [5.74, 6) is -0.0550. The molecule has 7 nitrogen and oxygen atoms in total. The molecule has 7 heteroatoms. The van der Waals surface area contributed by atoms with Crippen molar-refractivity contribution in [1.82, 2.24) is 0 Å². The molecule has 0 unspecified atom stereocenters. The minimum atomic E-state index is -0.978. The van der Waals surface area contributed by atoms with Crippen molar-refractivity contribution in [2.45, 2.75) is 13.0 Å². The number of ether oxygens (including phenoxy) is 2. The number of aliphatic hydroxyl groups is 1. The highest BCUT2D eigenvalue weighted by atomic mass is 16.6. The molecule has 0 aliphatic heterocycles. The third-order valence-electron chi connectivity index (χ3n) is 3.18. The number of hydrogen-bond donors (Lipinski definition) is 1. The Morgan fingerprint density at radius 2 is 1.75 bits per heavy atom. The van der Waals surface area contributed by atoms with E-state index >= 15 is 0 Å². The summed E-state index contributed by atoms with van der Waals surface area (Å²) in [4.78, 5) is 21.8. The number of non-ortho nitro benzene ring substituents is 1. The van der Waals surface area contributed by atoms with Gasteiger partial charge in [-0.3, -0.25) is 10.1 Å². The normalized spacial score (nSPS) is 11.6. The molecule has 0 aromatic heterocycles. The molecule has 1 N–H and O–H groups in total. The average molecular weight is 331 g/mol. The molecule has 0 fully saturated rings. The molecular formula is C17H17NO6. The molecule has 0 amide bonds. The maximum absolute atomic E-state index is 11.8. The van der Waals surface area contributed by atoms with Crippen LogP contribution in [0, 0.1) is 17.0 Å². The van der Waals surface area contributed by atoms with E-state index in [-0.39, 0.29) is 24.5 Å². The molecule has 126 valence electrons. The van der Waals surface area contributed by atoms with Crippen molar-refractivity contribution in [2.75, 3.05) is 13.2 Å². The van der Waals surface area contributed by atoms with Crippen LogP contribution in [0.15, 0.2) is 48.5 Å². The zero-order chi connectivity index (χ0) is 17.5. The fourth-order valence-corrected chi connectivity index (χ4v) is 1.85. The molecule has 0 saturated heterocycles. The number of benzene rings is 2. The molecule has 0 spiro atoms. The van der Waals surface area contributed by atoms with E-state index in [1.807, 2.05) is 19.1 Å². The lowest BCUT2D eigenvalue weighted by molar-refractivity contribution is -0.384. The van der Waals surface area contributed by atoms with Gasteiger partial charge in [-0.25, -0.2) is 4.79 Å². The van der Waals surface area contributed by atoms with Gasteiger partial charge in [-0.15, -0.1) is 0 Å². The minimum Gasteiger partial charge on any atom is -0.491 e. The Morgan fingerprint density at radius 1 is 1.12 bits per heavy atom. The zero-order valence-corrected chi connectivity index (χ0v) is 13.0. The molecule has 0 aliphatic rings. The number of esters is 1. The van der Waals surface area contributed by atoms with Gasteiger partial charge >= 0.3 is 5.97 Å². The highest BCUT2D eigenvalue weighted by Gasteiger charge is 2.13. The van der Waals surface area contributed by atoms with Gasteiger partial charge in [-0.2, -0.15) is 0 Å². The Kier molecular flexibility index (Phi) is 5.86. The third-order valence-corrected chi connectivity index (χ3v) is 3.18. The van der Waals surface area contributed by atoms with Crippen LogP contribution in [0.1, 0.15) is 15.9 Å². The average Bonchev–Trinajstić information content (AvgIpc) is 2.59. The lowest BCUT2D eigenvalue weighted by atomic mass is 10.2. The van der Waals surface area contributed by atoms with Crippen molar-refractivity contribution in [3.05, 3.63) is 69.8 Å². The number of carbonyl (C=O) groups excluding carboxylic acids is 1. The second-order valence-corrected chi connectivity index (χ2v) is 5.18. The zero-order valence-electron chi connectivity index (χ0n) is 13.0. The Labute approximate surface area is 138 Å². The van der Waals surface area contributed by atoms with Crippen molar-refractivity contribution < 1.29 is 24.3 Å². The highest BCUT2D eigenvalue weighted by Crippen LogP contribution is 2.13. The van der Waals surface area contributed by atoms with Crippen molar-refractivity contribution in [3.63, 3.8) is 0 Å². The number of hydrogen-bond acceptors (Lipinski definition) is 6. The van der Waals surface area contributed by atoms with Crippen LogP contribution >= 0.6 is 0 Å². The molecule has 0 bridgehead atoms. The minimum absolute atomic E-state index is 0.0173. The first-order chi connectivity index (χ1) is 11.5. The fourth-order valence-electron chi connectivity index (χ4n) is 1.85. The number of rotatable bonds is 7. The van der Waals surface area contributed by atoms with Gasteiger partial charge in [-0.1, -0.05) is 17.7 Å². The summed E-state index contributed by atoms with van der Waals surface area (Å²) in [5.41, 5.74) is 1.16. The van der Waals surface area contributed by atoms with Gasteiger partial charge in [0.2, 0.25) is 0 Å². The molecular weight excluding hydrogens is 314 g/mol. The monoisotopic (exact) mass is 331 g/mol. The van der Waals surface area contributed by atoms with E-state index in [1.165, 1.54) is 24.3 Å². The van der Waals surface area contributed by atoms with Gasteiger partial charge in [0.25, 0.3) is 5.69 Å². The second kappa shape index (κ2) is 8.07. The van der Waals surface area contributed by atoms with E-state index in [4.69, 9.17) is 9.47 Å². The lowest BCUT2D eigenvalue weighted by Gasteiger charge is -2.13. The van der Waals surface area contributed by atoms with E-state index < -0.39 is 17.0 Å². The molecule has 0 heterocycles. The van der Waals surface area contributed by atoms with Gasteiger partial charge in [0.15, 0.2) is 0 Å². The van der Waals surface area contributed by atoms with Crippen molar-refractivity contribution in [2.24, 2.45) is 0 Å². The molecule has 0 radical (unpaired) electrons. The topological polar surface area (TPSA) is 98.9 Å². The van der Waals surface area contributed by atoms with Gasteiger partial charge < -0.3 is 14.6 Å². The smallest absolute Gasteiger partial charge is 0.338 e. The third kappa shape index (κ3) is 5.06. The van der Waals surface area contributed by atoms with Crippen LogP contribution in [0.3, 0.4) is 0 Å². The predicted molar refractivity (Wildman–Crippen MR) is 86.1 cm³/mol. The molecule has 2 aromatic carbocycles. The Hall–Kier alpha value is -2.93. The summed E-state index contributed by atoms with van der Waals surface area (Å²) in [6, 6.07) is 12.4. The summed E-state index contributed by atoms with van der Waals surface area (Å²) in [6.45, 7) is 1.70. The fraction of sp³-hybridized carbons (Fsp3) is 0.235. The van der Waals surface area contributed by atoms with E-state index in [9.17, 15) is 20.0 Å². The van der Waals surface area contributed by atoms with Crippen LogP contribution in [0.25, 0.3) is 0 Å². The number of carbonyl (C=O) groups is 1. The van der Waals surface area contributed by atoms with Crippen LogP contribution in [-0.4, -0.2) is 35.3 Å². The summed E-state index contributed by atoms with van der Waals surface area (Å²) < 4.78 is 10.3. The molecule has 2 aromatic rings. The van der Waals surface area contributed by atoms with E-state index in [0.29, 0.717) is 5.75 Å². The van der Waals surface area contributed by atoms with Crippen LogP contribution < -0.4 is 4.74 Å². The second-order valence-electron chi connectivity index (χ2n) is 5.18. The van der Waals surface area contributed by atoms with Crippen molar-refractivity contribution in [1.29, 1.82) is 0 Å². The molecule has 0 aliphatic carbocycles. The first kappa shape index (κ1) is 17.4. The number of aryl methyl sites for hydroxylation is 1. The Morgan fingerprint density at radius 3 is 2.33 bits per heavy atom. The first-order valence-electron chi connectivity index (χ1n) is 7.25. The number of nitro benzene ring substituents is 1. The van der Waals surface area contributed by atoms with Gasteiger partial charge in [-0.05, 0) is 31.2 Å². The van der Waals surface area contributed by atoms with Crippen molar-refractivity contribution >= 4 is 11.7 Å². The van der Waals surface area contributed by atoms with Gasteiger partial charge in [0.1, 0.15) is 25.1 Å². The SMILES string of the molecule is Cc1ccc(OC[C@@H](O)COC(=O)c2ccc([N+](=O)[O-])cc2)cc1. The number of nitro groups is 1. The van der Waals surface area contributed by atoms with Crippen LogP contribution in [-0.2, 0) is 4.74 Å². The Bertz CT molecular complexity index is 696. The van der Waals surface area contributed by atoms with Crippen LogP contribution in [0.2, 0.25) is 0 Å². The summed E-state index contributed by atoms with van der Waals surface area (Å²) >= 11 is 0. The maximum Gasteiger partial charge on any atom is 0.338 e. The lowest BCUT2D eigenvalue weighted by Crippen LogP contribution is -2.25. The van der Waals surface area contributed by atoms with Gasteiger partial charge in [0.05, 0.1) is 10.5 Å². The van der Waals surface area contributed by atoms with E-state index in [0.717, 1.165) is 5.56 Å². The van der Waals surface area contributed by atoms with Gasteiger partial charge in [0, 0.05) is 12.1 Å². The Balaban J connectivity index is 1.78. The summed E-state index contributed by atoms with van der Waals surface area (Å²) in [7, 11) is 0. The van der Waals surface area contributed by atoms with Crippen LogP contribution in [0.5, 0.6) is 5.75 Å². The first-order valence-corrected chi connectivity index (χ1v) is 7.25. The maximum atomic E-state index is 11.8. The molecule has 0 saturated carbocycles. The van der Waals surface area contributed by atoms with Crippen LogP contribution in [0.4, 0.5) is 5.69 Å². The summed E-state index contributed by atoms with van der Waals surface area (Å²) in [6.07, 6.45) is -0.978. The number of nitrogens with zero attached hydrogens (tertiary/aromatic N) is 1. The van der Waals surface area contributed by atoms with Crippen molar-refractivity contribution in [3.8, 4) is 5.75 Å².